The minimum Gasteiger partial charge on any atom is -0.366 e. The van der Waals surface area contributed by atoms with Crippen LogP contribution in [-0.4, -0.2) is 24.8 Å². The van der Waals surface area contributed by atoms with E-state index in [1.807, 2.05) is 26.2 Å². The Bertz CT molecular complexity index is 515. The van der Waals surface area contributed by atoms with Gasteiger partial charge in [0.1, 0.15) is 5.84 Å². The van der Waals surface area contributed by atoms with Gasteiger partial charge >= 0.3 is 0 Å². The summed E-state index contributed by atoms with van der Waals surface area (Å²) >= 11 is 0. The Balaban J connectivity index is 2.08. The number of amidine groups is 1. The molecule has 2 aromatic carbocycles. The normalized spacial score (nSPS) is 11.4. The van der Waals surface area contributed by atoms with Crippen LogP contribution < -0.4 is 0 Å². The van der Waals surface area contributed by atoms with Gasteiger partial charge in [-0.1, -0.05) is 60.7 Å². The quantitative estimate of drug-likeness (QED) is 0.601. The van der Waals surface area contributed by atoms with Crippen molar-refractivity contribution < 1.29 is 0 Å². The van der Waals surface area contributed by atoms with E-state index in [1.54, 1.807) is 0 Å². The largest absolute Gasteiger partial charge is 0.366 e. The molecule has 0 saturated heterocycles. The van der Waals surface area contributed by atoms with Crippen LogP contribution in [0, 0.1) is 0 Å². The van der Waals surface area contributed by atoms with Crippen LogP contribution in [0.5, 0.6) is 0 Å². The summed E-state index contributed by atoms with van der Waals surface area (Å²) in [7, 11) is 4.10. The summed E-state index contributed by atoms with van der Waals surface area (Å²) in [5, 5.41) is 0. The maximum absolute atomic E-state index is 4.73. The number of hydrogen-bond acceptors (Lipinski definition) is 1. The molecule has 0 radical (unpaired) electrons. The van der Waals surface area contributed by atoms with Crippen LogP contribution in [0.25, 0.3) is 0 Å². The molecular weight excluding hydrogens is 232 g/mol. The first-order valence-corrected chi connectivity index (χ1v) is 6.54. The van der Waals surface area contributed by atoms with Gasteiger partial charge in [0.2, 0.25) is 0 Å². The maximum Gasteiger partial charge on any atom is 0.103 e. The Labute approximate surface area is 115 Å². The van der Waals surface area contributed by atoms with Crippen LogP contribution >= 0.6 is 0 Å². The number of hydrogen-bond donors (Lipinski definition) is 0. The Hall–Kier alpha value is -2.09. The van der Waals surface area contributed by atoms with Crippen LogP contribution in [0.15, 0.2) is 65.7 Å². The summed E-state index contributed by atoms with van der Waals surface area (Å²) in [6.45, 7) is 0.737. The number of likely N-dealkylation sites (N-methyl/N-ethyl adjacent to an activating group) is 1. The molecule has 2 rings (SSSR count). The Morgan fingerprint density at radius 2 is 1.37 bits per heavy atom. The molecule has 0 aliphatic rings. The summed E-state index contributed by atoms with van der Waals surface area (Å²) in [5.41, 5.74) is 2.54. The fourth-order valence-electron chi connectivity index (χ4n) is 1.90. The first-order chi connectivity index (χ1) is 9.25. The fourth-order valence-corrected chi connectivity index (χ4v) is 1.90. The summed E-state index contributed by atoms with van der Waals surface area (Å²) in [6, 6.07) is 20.8. The second-order valence-corrected chi connectivity index (χ2v) is 4.77. The second kappa shape index (κ2) is 6.74. The highest BCUT2D eigenvalue weighted by molar-refractivity contribution is 5.84. The molecule has 2 nitrogen and oxygen atoms in total. The number of nitrogens with zero attached hydrogens (tertiary/aromatic N) is 2. The van der Waals surface area contributed by atoms with Crippen molar-refractivity contribution in [3.05, 3.63) is 71.8 Å². The van der Waals surface area contributed by atoms with Gasteiger partial charge in [-0.25, -0.2) is 0 Å². The fraction of sp³-hybridized carbons (Fsp3) is 0.235. The van der Waals surface area contributed by atoms with E-state index in [1.165, 1.54) is 11.1 Å². The molecule has 0 atom stereocenters. The molecule has 19 heavy (non-hydrogen) atoms. The average Bonchev–Trinajstić information content (AvgIpc) is 2.45. The van der Waals surface area contributed by atoms with Gasteiger partial charge in [-0.2, -0.15) is 0 Å². The van der Waals surface area contributed by atoms with Crippen LogP contribution in [0.2, 0.25) is 0 Å². The molecule has 0 fully saturated rings. The van der Waals surface area contributed by atoms with Gasteiger partial charge in [0.25, 0.3) is 0 Å². The molecule has 98 valence electrons. The van der Waals surface area contributed by atoms with Crippen molar-refractivity contribution in [2.24, 2.45) is 4.99 Å². The highest BCUT2D eigenvalue weighted by Gasteiger charge is 2.03. The number of rotatable bonds is 4. The molecule has 0 heterocycles. The minimum atomic E-state index is 0.737. The third kappa shape index (κ3) is 4.25. The molecule has 2 heteroatoms. The Morgan fingerprint density at radius 3 is 1.89 bits per heavy atom. The van der Waals surface area contributed by atoms with Crippen LogP contribution in [0.3, 0.4) is 0 Å². The lowest BCUT2D eigenvalue weighted by Gasteiger charge is -2.16. The van der Waals surface area contributed by atoms with Gasteiger partial charge in [0, 0.05) is 20.5 Å². The van der Waals surface area contributed by atoms with Crippen molar-refractivity contribution in [1.29, 1.82) is 0 Å². The van der Waals surface area contributed by atoms with Gasteiger partial charge in [-0.15, -0.1) is 0 Å². The van der Waals surface area contributed by atoms with E-state index in [4.69, 9.17) is 4.99 Å². The molecule has 0 N–H and O–H groups in total. The molecule has 0 unspecified atom stereocenters. The van der Waals surface area contributed by atoms with Crippen molar-refractivity contribution in [3.8, 4) is 0 Å². The minimum absolute atomic E-state index is 0.737. The van der Waals surface area contributed by atoms with E-state index in [-0.39, 0.29) is 0 Å². The molecule has 0 aliphatic carbocycles. The maximum atomic E-state index is 4.73. The Kier molecular flexibility index (Phi) is 4.73. The molecule has 0 spiro atoms. The summed E-state index contributed by atoms with van der Waals surface area (Å²) in [5.74, 6) is 1.11. The van der Waals surface area contributed by atoms with E-state index < -0.39 is 0 Å². The van der Waals surface area contributed by atoms with E-state index in [0.29, 0.717) is 0 Å². The summed E-state index contributed by atoms with van der Waals surface area (Å²) in [6.07, 6.45) is 0.876. The zero-order chi connectivity index (χ0) is 13.5. The molecule has 0 aliphatic heterocycles. The van der Waals surface area contributed by atoms with Crippen molar-refractivity contribution >= 4 is 5.84 Å². The van der Waals surface area contributed by atoms with Crippen molar-refractivity contribution in [2.75, 3.05) is 14.1 Å². The third-order valence-electron chi connectivity index (χ3n) is 3.01. The van der Waals surface area contributed by atoms with Gasteiger partial charge in [-0.05, 0) is 11.1 Å². The van der Waals surface area contributed by atoms with E-state index in [0.717, 1.165) is 18.8 Å². The van der Waals surface area contributed by atoms with Crippen LogP contribution in [-0.2, 0) is 13.0 Å². The number of aliphatic imine (C=N–C) groups is 1. The van der Waals surface area contributed by atoms with Crippen LogP contribution in [0.4, 0.5) is 0 Å². The van der Waals surface area contributed by atoms with Crippen molar-refractivity contribution in [2.45, 2.75) is 13.0 Å². The van der Waals surface area contributed by atoms with Crippen molar-refractivity contribution in [3.63, 3.8) is 0 Å². The molecule has 0 aromatic heterocycles. The van der Waals surface area contributed by atoms with Gasteiger partial charge in [0.15, 0.2) is 0 Å². The first-order valence-electron chi connectivity index (χ1n) is 6.54. The van der Waals surface area contributed by atoms with Crippen molar-refractivity contribution in [1.82, 2.24) is 4.90 Å². The van der Waals surface area contributed by atoms with E-state index in [9.17, 15) is 0 Å². The topological polar surface area (TPSA) is 15.6 Å². The standard InChI is InChI=1S/C17H20N2/c1-19(2)17(13-15-9-5-3-6-10-15)18-14-16-11-7-4-8-12-16/h3-12H,13-14H2,1-2H3. The van der Waals surface area contributed by atoms with Gasteiger partial charge in [0.05, 0.1) is 6.54 Å². The van der Waals surface area contributed by atoms with E-state index >= 15 is 0 Å². The van der Waals surface area contributed by atoms with Crippen LogP contribution in [0.1, 0.15) is 11.1 Å². The first kappa shape index (κ1) is 13.3. The third-order valence-corrected chi connectivity index (χ3v) is 3.01. The molecule has 2 aromatic rings. The lowest BCUT2D eigenvalue weighted by Crippen LogP contribution is -2.24. The molecule has 0 saturated carbocycles. The number of benzene rings is 2. The van der Waals surface area contributed by atoms with Gasteiger partial charge < -0.3 is 4.90 Å². The Morgan fingerprint density at radius 1 is 0.842 bits per heavy atom. The molecule has 0 bridgehead atoms. The monoisotopic (exact) mass is 252 g/mol. The summed E-state index contributed by atoms with van der Waals surface area (Å²) in [4.78, 5) is 6.82. The smallest absolute Gasteiger partial charge is 0.103 e. The lowest BCUT2D eigenvalue weighted by atomic mass is 10.1. The second-order valence-electron chi connectivity index (χ2n) is 4.77. The van der Waals surface area contributed by atoms with E-state index in [2.05, 4.69) is 53.4 Å². The zero-order valence-electron chi connectivity index (χ0n) is 11.6. The lowest BCUT2D eigenvalue weighted by molar-refractivity contribution is 0.604. The SMILES string of the molecule is CN(C)C(Cc1ccccc1)=NCc1ccccc1. The highest BCUT2D eigenvalue weighted by Crippen LogP contribution is 2.05. The molecule has 0 amide bonds. The predicted molar refractivity (Wildman–Crippen MR) is 81.4 cm³/mol. The summed E-state index contributed by atoms with van der Waals surface area (Å²) < 4.78 is 0. The zero-order valence-corrected chi connectivity index (χ0v) is 11.6. The molecular formula is C17H20N2. The average molecular weight is 252 g/mol. The predicted octanol–water partition coefficient (Wildman–Crippen LogP) is 3.39. The van der Waals surface area contributed by atoms with Gasteiger partial charge in [-0.3, -0.25) is 4.99 Å². The highest BCUT2D eigenvalue weighted by atomic mass is 15.1.